The first kappa shape index (κ1) is 22.8. The fourth-order valence-electron chi connectivity index (χ4n) is 2.47. The first-order chi connectivity index (χ1) is 13.4. The van der Waals surface area contributed by atoms with Gasteiger partial charge in [-0.3, -0.25) is 9.59 Å². The average Bonchev–Trinajstić information content (AvgIpc) is 2.98. The number of sulfonamides is 1. The molecule has 0 saturated heterocycles. The number of hydrogen-bond acceptors (Lipinski definition) is 6. The molecule has 0 spiro atoms. The second kappa shape index (κ2) is 8.87. The molecule has 158 valence electrons. The molecule has 8 nitrogen and oxygen atoms in total. The molecular weight excluding hydrogens is 394 g/mol. The molecule has 1 aromatic carbocycles. The van der Waals surface area contributed by atoms with E-state index in [0.29, 0.717) is 11.4 Å². The van der Waals surface area contributed by atoms with Crippen LogP contribution in [-0.4, -0.2) is 42.9 Å². The smallest absolute Gasteiger partial charge is 0.307 e. The summed E-state index contributed by atoms with van der Waals surface area (Å²) in [5.41, 5.74) is 1.54. The number of benzene rings is 1. The van der Waals surface area contributed by atoms with E-state index < -0.39 is 16.0 Å². The molecule has 29 heavy (non-hydrogen) atoms. The van der Waals surface area contributed by atoms with Crippen LogP contribution in [0.4, 0.5) is 0 Å². The van der Waals surface area contributed by atoms with E-state index in [2.05, 4.69) is 30.5 Å². The predicted molar refractivity (Wildman–Crippen MR) is 108 cm³/mol. The average molecular weight is 422 g/mol. The molecule has 0 unspecified atom stereocenters. The van der Waals surface area contributed by atoms with Crippen molar-refractivity contribution in [1.82, 2.24) is 14.3 Å². The highest BCUT2D eigenvalue weighted by Crippen LogP contribution is 2.22. The van der Waals surface area contributed by atoms with Gasteiger partial charge in [0.15, 0.2) is 17.4 Å². The van der Waals surface area contributed by atoms with Gasteiger partial charge in [0, 0.05) is 25.4 Å². The zero-order valence-electron chi connectivity index (χ0n) is 17.4. The van der Waals surface area contributed by atoms with Crippen LogP contribution in [0.1, 0.15) is 48.9 Å². The molecule has 0 atom stereocenters. The van der Waals surface area contributed by atoms with Crippen molar-refractivity contribution in [2.45, 2.75) is 44.6 Å². The number of nitrogens with one attached hydrogen (secondary N) is 1. The van der Waals surface area contributed by atoms with Gasteiger partial charge >= 0.3 is 5.97 Å². The van der Waals surface area contributed by atoms with E-state index in [0.717, 1.165) is 5.56 Å². The molecule has 1 heterocycles. The molecule has 0 radical (unpaired) electrons. The molecule has 1 aromatic heterocycles. The van der Waals surface area contributed by atoms with Crippen LogP contribution in [-0.2, 0) is 32.0 Å². The Kier molecular flexibility index (Phi) is 6.97. The number of aryl methyl sites for hydroxylation is 2. The van der Waals surface area contributed by atoms with E-state index in [1.807, 2.05) is 12.1 Å². The van der Waals surface area contributed by atoms with Gasteiger partial charge in [-0.05, 0) is 17.9 Å². The quantitative estimate of drug-likeness (QED) is 0.517. The van der Waals surface area contributed by atoms with Crippen molar-refractivity contribution in [2.75, 3.05) is 13.2 Å². The molecule has 9 heteroatoms. The summed E-state index contributed by atoms with van der Waals surface area (Å²) in [5.74, 6) is -0.424. The third kappa shape index (κ3) is 6.23. The number of imidazole rings is 1. The standard InChI is InChI=1S/C20H27N3O5S/c1-14-22-18(12-23(14)5)29(26,27)21-11-10-19(25)28-13-17(24)15-6-8-16(9-7-15)20(2,3)4/h6-9,12,21H,10-11,13H2,1-5H3. The monoisotopic (exact) mass is 421 g/mol. The minimum atomic E-state index is -3.80. The first-order valence-electron chi connectivity index (χ1n) is 9.19. The van der Waals surface area contributed by atoms with Crippen molar-refractivity contribution >= 4 is 21.8 Å². The summed E-state index contributed by atoms with van der Waals surface area (Å²) in [7, 11) is -2.12. The van der Waals surface area contributed by atoms with Gasteiger partial charge in [0.25, 0.3) is 10.0 Å². The number of ether oxygens (including phenoxy) is 1. The van der Waals surface area contributed by atoms with Crippen LogP contribution in [0.5, 0.6) is 0 Å². The summed E-state index contributed by atoms with van der Waals surface area (Å²) in [5, 5.41) is -0.111. The Bertz CT molecular complexity index is 967. The maximum Gasteiger partial charge on any atom is 0.307 e. The van der Waals surface area contributed by atoms with Gasteiger partial charge in [-0.15, -0.1) is 0 Å². The van der Waals surface area contributed by atoms with Crippen molar-refractivity contribution in [2.24, 2.45) is 7.05 Å². The molecule has 2 rings (SSSR count). The van der Waals surface area contributed by atoms with Crippen LogP contribution < -0.4 is 4.72 Å². The van der Waals surface area contributed by atoms with Crippen molar-refractivity contribution < 1.29 is 22.7 Å². The third-order valence-corrected chi connectivity index (χ3v) is 5.75. The maximum atomic E-state index is 12.2. The van der Waals surface area contributed by atoms with E-state index in [9.17, 15) is 18.0 Å². The first-order valence-corrected chi connectivity index (χ1v) is 10.7. The molecule has 0 saturated carbocycles. The van der Waals surface area contributed by atoms with Crippen LogP contribution in [0, 0.1) is 6.92 Å². The Hall–Kier alpha value is -2.52. The van der Waals surface area contributed by atoms with Crippen LogP contribution >= 0.6 is 0 Å². The second-order valence-electron chi connectivity index (χ2n) is 7.80. The Morgan fingerprint density at radius 2 is 1.79 bits per heavy atom. The third-order valence-electron chi connectivity index (χ3n) is 4.42. The fourth-order valence-corrected chi connectivity index (χ4v) is 3.54. The summed E-state index contributed by atoms with van der Waals surface area (Å²) in [6.45, 7) is 7.38. The van der Waals surface area contributed by atoms with Gasteiger partial charge in [0.2, 0.25) is 0 Å². The summed E-state index contributed by atoms with van der Waals surface area (Å²) >= 11 is 0. The second-order valence-corrected chi connectivity index (χ2v) is 9.51. The van der Waals surface area contributed by atoms with Crippen molar-refractivity contribution in [3.05, 3.63) is 47.4 Å². The molecular formula is C20H27N3O5S. The molecule has 0 fully saturated rings. The van der Waals surface area contributed by atoms with Gasteiger partial charge in [0.05, 0.1) is 6.42 Å². The number of carbonyl (C=O) groups is 2. The topological polar surface area (TPSA) is 107 Å². The van der Waals surface area contributed by atoms with E-state index in [4.69, 9.17) is 4.74 Å². The van der Waals surface area contributed by atoms with Crippen molar-refractivity contribution in [3.8, 4) is 0 Å². The normalized spacial score (nSPS) is 12.0. The number of esters is 1. The Balaban J connectivity index is 1.80. The number of hydrogen-bond donors (Lipinski definition) is 1. The highest BCUT2D eigenvalue weighted by Gasteiger charge is 2.19. The van der Waals surface area contributed by atoms with Gasteiger partial charge in [-0.25, -0.2) is 18.1 Å². The lowest BCUT2D eigenvalue weighted by molar-refractivity contribution is -0.142. The van der Waals surface area contributed by atoms with E-state index in [1.165, 1.54) is 6.20 Å². The number of rotatable bonds is 8. The van der Waals surface area contributed by atoms with Gasteiger partial charge < -0.3 is 9.30 Å². The molecule has 0 aliphatic rings. The summed E-state index contributed by atoms with van der Waals surface area (Å²) in [4.78, 5) is 27.9. The van der Waals surface area contributed by atoms with Crippen LogP contribution in [0.15, 0.2) is 35.5 Å². The SMILES string of the molecule is Cc1nc(S(=O)(=O)NCCC(=O)OCC(=O)c2ccc(C(C)(C)C)cc2)cn1C. The molecule has 2 aromatic rings. The highest BCUT2D eigenvalue weighted by atomic mass is 32.2. The van der Waals surface area contributed by atoms with Crippen LogP contribution in [0.25, 0.3) is 0 Å². The van der Waals surface area contributed by atoms with Gasteiger partial charge in [-0.1, -0.05) is 45.0 Å². The van der Waals surface area contributed by atoms with Crippen LogP contribution in [0.2, 0.25) is 0 Å². The lowest BCUT2D eigenvalue weighted by atomic mass is 9.86. The lowest BCUT2D eigenvalue weighted by Crippen LogP contribution is -2.27. The molecule has 1 N–H and O–H groups in total. The zero-order valence-corrected chi connectivity index (χ0v) is 18.2. The van der Waals surface area contributed by atoms with Crippen molar-refractivity contribution in [1.29, 1.82) is 0 Å². The Morgan fingerprint density at radius 1 is 1.17 bits per heavy atom. The Labute approximate surface area is 171 Å². The lowest BCUT2D eigenvalue weighted by Gasteiger charge is -2.18. The predicted octanol–water partition coefficient (Wildman–Crippen LogP) is 2.12. The minimum absolute atomic E-state index is 0.0185. The Morgan fingerprint density at radius 3 is 2.31 bits per heavy atom. The molecule has 0 amide bonds. The molecule has 0 aliphatic heterocycles. The highest BCUT2D eigenvalue weighted by molar-refractivity contribution is 7.89. The number of carbonyl (C=O) groups excluding carboxylic acids is 2. The van der Waals surface area contributed by atoms with E-state index >= 15 is 0 Å². The maximum absolute atomic E-state index is 12.2. The van der Waals surface area contributed by atoms with E-state index in [-0.39, 0.29) is 35.8 Å². The summed E-state index contributed by atoms with van der Waals surface area (Å²) in [6.07, 6.45) is 1.20. The largest absolute Gasteiger partial charge is 0.457 e. The molecule has 0 bridgehead atoms. The summed E-state index contributed by atoms with van der Waals surface area (Å²) in [6, 6.07) is 7.17. The van der Waals surface area contributed by atoms with Gasteiger partial charge in [0.1, 0.15) is 5.82 Å². The number of ketones is 1. The van der Waals surface area contributed by atoms with Gasteiger partial charge in [-0.2, -0.15) is 0 Å². The fraction of sp³-hybridized carbons (Fsp3) is 0.450. The number of Topliss-reactive ketones (excluding diaryl/α,β-unsaturated/α-hetero) is 1. The van der Waals surface area contributed by atoms with Crippen molar-refractivity contribution in [3.63, 3.8) is 0 Å². The zero-order chi connectivity index (χ0) is 21.8. The van der Waals surface area contributed by atoms with E-state index in [1.54, 1.807) is 30.7 Å². The summed E-state index contributed by atoms with van der Waals surface area (Å²) < 4.78 is 33.1. The molecule has 0 aliphatic carbocycles. The van der Waals surface area contributed by atoms with Crippen LogP contribution in [0.3, 0.4) is 0 Å². The number of nitrogens with zero attached hydrogens (tertiary/aromatic N) is 2. The number of aromatic nitrogens is 2. The minimum Gasteiger partial charge on any atom is -0.457 e.